The number of benzene rings is 2. The Hall–Kier alpha value is -2.83. The Balaban J connectivity index is 1.82. The maximum Gasteiger partial charge on any atom is 0.337 e. The van der Waals surface area contributed by atoms with Gasteiger partial charge in [-0.2, -0.15) is 0 Å². The highest BCUT2D eigenvalue weighted by molar-refractivity contribution is 6.42. The largest absolute Gasteiger partial charge is 0.465 e. The second-order valence-electron chi connectivity index (χ2n) is 5.23. The van der Waals surface area contributed by atoms with Gasteiger partial charge in [0.1, 0.15) is 0 Å². The molecule has 0 atom stereocenters. The maximum absolute atomic E-state index is 11.8. The Morgan fingerprint density at radius 3 is 2.37 bits per heavy atom. The van der Waals surface area contributed by atoms with Crippen molar-refractivity contribution < 1.29 is 23.9 Å². The van der Waals surface area contributed by atoms with Crippen LogP contribution in [-0.2, 0) is 19.1 Å². The second-order valence-corrected chi connectivity index (χ2v) is 6.05. The molecule has 1 amide bonds. The molecule has 0 aliphatic heterocycles. The molecule has 0 heterocycles. The zero-order valence-electron chi connectivity index (χ0n) is 14.2. The molecule has 2 rings (SSSR count). The van der Waals surface area contributed by atoms with Crippen LogP contribution >= 0.6 is 23.2 Å². The van der Waals surface area contributed by atoms with Crippen LogP contribution in [0.5, 0.6) is 0 Å². The first-order chi connectivity index (χ1) is 12.9. The first kappa shape index (κ1) is 20.5. The number of ether oxygens (including phenoxy) is 2. The Labute approximate surface area is 165 Å². The van der Waals surface area contributed by atoms with Gasteiger partial charge in [-0.15, -0.1) is 0 Å². The average Bonchev–Trinajstić information content (AvgIpc) is 2.67. The smallest absolute Gasteiger partial charge is 0.337 e. The van der Waals surface area contributed by atoms with Gasteiger partial charge in [0.05, 0.1) is 22.7 Å². The zero-order chi connectivity index (χ0) is 19.8. The summed E-state index contributed by atoms with van der Waals surface area (Å²) >= 11 is 11.7. The first-order valence-corrected chi connectivity index (χ1v) is 8.43. The molecule has 0 unspecified atom stereocenters. The summed E-state index contributed by atoms with van der Waals surface area (Å²) in [5.41, 5.74) is 1.47. The third-order valence-corrected chi connectivity index (χ3v) is 4.03. The van der Waals surface area contributed by atoms with Gasteiger partial charge < -0.3 is 14.8 Å². The third kappa shape index (κ3) is 6.44. The van der Waals surface area contributed by atoms with Crippen molar-refractivity contribution in [1.82, 2.24) is 0 Å². The molecule has 0 aliphatic carbocycles. The highest BCUT2D eigenvalue weighted by Gasteiger charge is 2.08. The molecule has 2 aromatic carbocycles. The van der Waals surface area contributed by atoms with Gasteiger partial charge in [-0.05, 0) is 48.0 Å². The third-order valence-electron chi connectivity index (χ3n) is 3.29. The van der Waals surface area contributed by atoms with E-state index in [1.54, 1.807) is 18.2 Å². The summed E-state index contributed by atoms with van der Waals surface area (Å²) in [6.07, 6.45) is 2.67. The number of nitrogens with one attached hydrogen (secondary N) is 1. The molecule has 0 aliphatic rings. The number of amides is 1. The topological polar surface area (TPSA) is 81.7 Å². The number of hydrogen-bond donors (Lipinski definition) is 1. The van der Waals surface area contributed by atoms with Crippen molar-refractivity contribution in [2.45, 2.75) is 0 Å². The van der Waals surface area contributed by atoms with Gasteiger partial charge in [-0.1, -0.05) is 29.3 Å². The van der Waals surface area contributed by atoms with Crippen molar-refractivity contribution in [3.63, 3.8) is 0 Å². The number of esters is 2. The first-order valence-electron chi connectivity index (χ1n) is 7.67. The SMILES string of the molecule is COC(=O)c1ccc(NC(=O)COC(=O)/C=C/c2ccc(Cl)c(Cl)c2)cc1. The number of halogens is 2. The van der Waals surface area contributed by atoms with E-state index in [0.29, 0.717) is 26.9 Å². The van der Waals surface area contributed by atoms with E-state index in [2.05, 4.69) is 10.1 Å². The van der Waals surface area contributed by atoms with E-state index in [0.717, 1.165) is 0 Å². The molecular formula is C19H15Cl2NO5. The molecule has 2 aromatic rings. The van der Waals surface area contributed by atoms with Gasteiger partial charge >= 0.3 is 11.9 Å². The van der Waals surface area contributed by atoms with Crippen molar-refractivity contribution >= 4 is 52.8 Å². The van der Waals surface area contributed by atoms with Crippen molar-refractivity contribution in [2.75, 3.05) is 19.0 Å². The molecule has 27 heavy (non-hydrogen) atoms. The summed E-state index contributed by atoms with van der Waals surface area (Å²) in [6, 6.07) is 11.0. The number of anilines is 1. The number of methoxy groups -OCH3 is 1. The van der Waals surface area contributed by atoms with Gasteiger partial charge in [0.25, 0.3) is 5.91 Å². The lowest BCUT2D eigenvalue weighted by Crippen LogP contribution is -2.20. The van der Waals surface area contributed by atoms with Crippen molar-refractivity contribution in [3.05, 3.63) is 69.7 Å². The highest BCUT2D eigenvalue weighted by Crippen LogP contribution is 2.23. The van der Waals surface area contributed by atoms with Crippen molar-refractivity contribution in [3.8, 4) is 0 Å². The quantitative estimate of drug-likeness (QED) is 0.578. The van der Waals surface area contributed by atoms with Crippen LogP contribution in [0, 0.1) is 0 Å². The van der Waals surface area contributed by atoms with Gasteiger partial charge in [0.2, 0.25) is 0 Å². The molecule has 0 bridgehead atoms. The highest BCUT2D eigenvalue weighted by atomic mass is 35.5. The Morgan fingerprint density at radius 2 is 1.74 bits per heavy atom. The summed E-state index contributed by atoms with van der Waals surface area (Å²) < 4.78 is 9.45. The van der Waals surface area contributed by atoms with Crippen LogP contribution in [0.3, 0.4) is 0 Å². The predicted octanol–water partition coefficient (Wildman–Crippen LogP) is 3.98. The summed E-state index contributed by atoms with van der Waals surface area (Å²) in [6.45, 7) is -0.455. The maximum atomic E-state index is 11.8. The number of carbonyl (C=O) groups excluding carboxylic acids is 3. The summed E-state index contributed by atoms with van der Waals surface area (Å²) in [4.78, 5) is 34.8. The van der Waals surface area contributed by atoms with E-state index in [1.807, 2.05) is 0 Å². The van der Waals surface area contributed by atoms with E-state index in [4.69, 9.17) is 27.9 Å². The van der Waals surface area contributed by atoms with E-state index >= 15 is 0 Å². The molecule has 6 nitrogen and oxygen atoms in total. The minimum absolute atomic E-state index is 0.356. The lowest BCUT2D eigenvalue weighted by Gasteiger charge is -2.06. The fourth-order valence-electron chi connectivity index (χ4n) is 1.97. The fraction of sp³-hybridized carbons (Fsp3) is 0.105. The van der Waals surface area contributed by atoms with Crippen LogP contribution < -0.4 is 5.32 Å². The Morgan fingerprint density at radius 1 is 1.04 bits per heavy atom. The molecule has 0 aromatic heterocycles. The van der Waals surface area contributed by atoms with Gasteiger partial charge in [-0.25, -0.2) is 9.59 Å². The second kappa shape index (κ2) is 9.75. The average molecular weight is 408 g/mol. The lowest BCUT2D eigenvalue weighted by atomic mass is 10.2. The number of carbonyl (C=O) groups is 3. The van der Waals surface area contributed by atoms with E-state index < -0.39 is 24.5 Å². The molecule has 140 valence electrons. The van der Waals surface area contributed by atoms with Gasteiger partial charge in [0, 0.05) is 11.8 Å². The van der Waals surface area contributed by atoms with E-state index in [9.17, 15) is 14.4 Å². The van der Waals surface area contributed by atoms with Gasteiger partial charge in [0.15, 0.2) is 6.61 Å². The molecular weight excluding hydrogens is 393 g/mol. The standard InChI is InChI=1S/C19H15Cl2NO5/c1-26-19(25)13-4-6-14(7-5-13)22-17(23)11-27-18(24)9-3-12-2-8-15(20)16(21)10-12/h2-10H,11H2,1H3,(H,22,23)/b9-3+. The number of hydrogen-bond acceptors (Lipinski definition) is 5. The molecule has 0 radical (unpaired) electrons. The fourth-order valence-corrected chi connectivity index (χ4v) is 2.28. The molecule has 0 saturated heterocycles. The Bertz CT molecular complexity index is 878. The van der Waals surface area contributed by atoms with Crippen LogP contribution in [0.25, 0.3) is 6.08 Å². The lowest BCUT2D eigenvalue weighted by molar-refractivity contribution is -0.142. The molecule has 0 saturated carbocycles. The van der Waals surface area contributed by atoms with Crippen LogP contribution in [0.4, 0.5) is 5.69 Å². The summed E-state index contributed by atoms with van der Waals surface area (Å²) in [7, 11) is 1.28. The zero-order valence-corrected chi connectivity index (χ0v) is 15.7. The minimum atomic E-state index is -0.683. The molecule has 0 fully saturated rings. The minimum Gasteiger partial charge on any atom is -0.465 e. The predicted molar refractivity (Wildman–Crippen MR) is 103 cm³/mol. The molecule has 0 spiro atoms. The van der Waals surface area contributed by atoms with Gasteiger partial charge in [-0.3, -0.25) is 4.79 Å². The van der Waals surface area contributed by atoms with Crippen LogP contribution in [0.2, 0.25) is 10.0 Å². The van der Waals surface area contributed by atoms with E-state index in [1.165, 1.54) is 43.5 Å². The monoisotopic (exact) mass is 407 g/mol. The van der Waals surface area contributed by atoms with Crippen molar-refractivity contribution in [1.29, 1.82) is 0 Å². The summed E-state index contributed by atoms with van der Waals surface area (Å²) in [5, 5.41) is 3.32. The summed E-state index contributed by atoms with van der Waals surface area (Å²) in [5.74, 6) is -1.68. The Kier molecular flexibility index (Phi) is 7.40. The van der Waals surface area contributed by atoms with Crippen LogP contribution in [0.15, 0.2) is 48.5 Å². The van der Waals surface area contributed by atoms with Crippen LogP contribution in [-0.4, -0.2) is 31.6 Å². The van der Waals surface area contributed by atoms with Crippen LogP contribution in [0.1, 0.15) is 15.9 Å². The molecule has 8 heteroatoms. The van der Waals surface area contributed by atoms with E-state index in [-0.39, 0.29) is 0 Å². The molecule has 1 N–H and O–H groups in total. The normalized spacial score (nSPS) is 10.5. The number of rotatable bonds is 6. The van der Waals surface area contributed by atoms with Crippen molar-refractivity contribution in [2.24, 2.45) is 0 Å².